The highest BCUT2D eigenvalue weighted by Crippen LogP contribution is 2.22. The monoisotopic (exact) mass is 368 g/mol. The second-order valence-electron chi connectivity index (χ2n) is 6.53. The quantitative estimate of drug-likeness (QED) is 0.472. The van der Waals surface area contributed by atoms with Gasteiger partial charge < -0.3 is 19.6 Å². The van der Waals surface area contributed by atoms with Gasteiger partial charge in [-0.1, -0.05) is 25.1 Å². The van der Waals surface area contributed by atoms with Gasteiger partial charge in [0.2, 0.25) is 0 Å². The first kappa shape index (κ1) is 18.9. The standard InChI is InChI=1S/C20H28N6O/c1-4-15(5-2)18-12-17(27-25-18)13-23-20(21-3)22-10-9-16-14-26-11-7-6-8-19(26)24-16/h6-8,11-12,14-15H,4-5,9-10,13H2,1-3H3,(H2,21,22,23). The molecule has 0 aromatic carbocycles. The molecule has 27 heavy (non-hydrogen) atoms. The molecule has 7 nitrogen and oxygen atoms in total. The molecule has 7 heteroatoms. The molecule has 144 valence electrons. The minimum Gasteiger partial charge on any atom is -0.359 e. The zero-order valence-electron chi connectivity index (χ0n) is 16.3. The molecule has 3 rings (SSSR count). The van der Waals surface area contributed by atoms with Gasteiger partial charge in [0, 0.05) is 44.4 Å². The van der Waals surface area contributed by atoms with Crippen molar-refractivity contribution in [2.24, 2.45) is 4.99 Å². The van der Waals surface area contributed by atoms with E-state index in [2.05, 4.69) is 45.8 Å². The molecule has 0 atom stereocenters. The van der Waals surface area contributed by atoms with Crippen molar-refractivity contribution in [3.63, 3.8) is 0 Å². The van der Waals surface area contributed by atoms with Crippen molar-refractivity contribution in [3.8, 4) is 0 Å². The molecule has 3 heterocycles. The van der Waals surface area contributed by atoms with Gasteiger partial charge in [-0.15, -0.1) is 0 Å². The van der Waals surface area contributed by atoms with Crippen molar-refractivity contribution < 1.29 is 4.52 Å². The van der Waals surface area contributed by atoms with E-state index in [4.69, 9.17) is 4.52 Å². The molecule has 0 radical (unpaired) electrons. The molecule has 0 aliphatic rings. The van der Waals surface area contributed by atoms with E-state index in [1.54, 1.807) is 7.05 Å². The maximum absolute atomic E-state index is 5.44. The number of guanidine groups is 1. The predicted octanol–water partition coefficient (Wildman–Crippen LogP) is 3.13. The molecular formula is C20H28N6O. The number of hydrogen-bond donors (Lipinski definition) is 2. The third kappa shape index (κ3) is 4.87. The van der Waals surface area contributed by atoms with Crippen molar-refractivity contribution in [2.75, 3.05) is 13.6 Å². The van der Waals surface area contributed by atoms with Crippen LogP contribution in [0, 0.1) is 0 Å². The number of imidazole rings is 1. The van der Waals surface area contributed by atoms with Crippen LogP contribution < -0.4 is 10.6 Å². The Kier molecular flexibility index (Phi) is 6.46. The Morgan fingerprint density at radius 3 is 2.85 bits per heavy atom. The predicted molar refractivity (Wildman–Crippen MR) is 107 cm³/mol. The number of pyridine rings is 1. The van der Waals surface area contributed by atoms with Crippen molar-refractivity contribution in [3.05, 3.63) is 53.8 Å². The van der Waals surface area contributed by atoms with E-state index in [0.717, 1.165) is 54.6 Å². The molecule has 0 fully saturated rings. The summed E-state index contributed by atoms with van der Waals surface area (Å²) in [7, 11) is 1.76. The molecule has 3 aromatic rings. The van der Waals surface area contributed by atoms with Gasteiger partial charge in [-0.2, -0.15) is 0 Å². The summed E-state index contributed by atoms with van der Waals surface area (Å²) in [5, 5.41) is 10.8. The van der Waals surface area contributed by atoms with Crippen LogP contribution in [0.25, 0.3) is 5.65 Å². The number of nitrogens with zero attached hydrogens (tertiary/aromatic N) is 4. The molecule has 0 bridgehead atoms. The maximum atomic E-state index is 5.44. The van der Waals surface area contributed by atoms with Crippen LogP contribution >= 0.6 is 0 Å². The molecule has 0 amide bonds. The lowest BCUT2D eigenvalue weighted by Gasteiger charge is -2.09. The van der Waals surface area contributed by atoms with Crippen molar-refractivity contribution in [2.45, 2.75) is 45.6 Å². The smallest absolute Gasteiger partial charge is 0.191 e. The van der Waals surface area contributed by atoms with Gasteiger partial charge in [0.1, 0.15) is 5.65 Å². The van der Waals surface area contributed by atoms with E-state index in [0.29, 0.717) is 12.5 Å². The lowest BCUT2D eigenvalue weighted by atomic mass is 9.99. The fourth-order valence-corrected chi connectivity index (χ4v) is 3.12. The van der Waals surface area contributed by atoms with Crippen LogP contribution in [-0.4, -0.2) is 34.1 Å². The molecule has 0 spiro atoms. The van der Waals surface area contributed by atoms with E-state index >= 15 is 0 Å². The Bertz CT molecular complexity index is 844. The number of rotatable bonds is 8. The van der Waals surface area contributed by atoms with Crippen molar-refractivity contribution in [1.29, 1.82) is 0 Å². The van der Waals surface area contributed by atoms with Crippen LogP contribution in [0.4, 0.5) is 0 Å². The highest BCUT2D eigenvalue weighted by molar-refractivity contribution is 5.79. The van der Waals surface area contributed by atoms with Gasteiger partial charge >= 0.3 is 0 Å². The lowest BCUT2D eigenvalue weighted by molar-refractivity contribution is 0.368. The van der Waals surface area contributed by atoms with Gasteiger partial charge in [-0.05, 0) is 25.0 Å². The maximum Gasteiger partial charge on any atom is 0.191 e. The Morgan fingerprint density at radius 1 is 1.26 bits per heavy atom. The summed E-state index contributed by atoms with van der Waals surface area (Å²) in [6, 6.07) is 8.04. The summed E-state index contributed by atoms with van der Waals surface area (Å²) >= 11 is 0. The zero-order chi connectivity index (χ0) is 19.1. The van der Waals surface area contributed by atoms with Crippen molar-refractivity contribution >= 4 is 11.6 Å². The molecule has 0 saturated carbocycles. The molecule has 2 N–H and O–H groups in total. The summed E-state index contributed by atoms with van der Waals surface area (Å²) in [6.45, 7) is 5.66. The number of aromatic nitrogens is 3. The Morgan fingerprint density at radius 2 is 2.11 bits per heavy atom. The van der Waals surface area contributed by atoms with E-state index < -0.39 is 0 Å². The molecule has 0 unspecified atom stereocenters. The highest BCUT2D eigenvalue weighted by atomic mass is 16.5. The normalized spacial score (nSPS) is 12.1. The summed E-state index contributed by atoms with van der Waals surface area (Å²) in [6.07, 6.45) is 7.03. The second-order valence-corrected chi connectivity index (χ2v) is 6.53. The van der Waals surface area contributed by atoms with Gasteiger partial charge in [-0.25, -0.2) is 4.98 Å². The number of hydrogen-bond acceptors (Lipinski definition) is 4. The topological polar surface area (TPSA) is 79.8 Å². The number of aliphatic imine (C=N–C) groups is 1. The zero-order valence-corrected chi connectivity index (χ0v) is 16.3. The average Bonchev–Trinajstić information content (AvgIpc) is 3.32. The van der Waals surface area contributed by atoms with Crippen LogP contribution in [0.3, 0.4) is 0 Å². The second kappa shape index (κ2) is 9.21. The van der Waals surface area contributed by atoms with Crippen LogP contribution in [0.1, 0.15) is 49.8 Å². The highest BCUT2D eigenvalue weighted by Gasteiger charge is 2.13. The first-order valence-electron chi connectivity index (χ1n) is 9.56. The van der Waals surface area contributed by atoms with Gasteiger partial charge in [0.05, 0.1) is 17.9 Å². The summed E-state index contributed by atoms with van der Waals surface area (Å²) < 4.78 is 7.48. The SMILES string of the molecule is CCC(CC)c1cc(CNC(=NC)NCCc2cn3ccccc3n2)on1. The minimum atomic E-state index is 0.463. The third-order valence-electron chi connectivity index (χ3n) is 4.72. The number of nitrogens with one attached hydrogen (secondary N) is 2. The fourth-order valence-electron chi connectivity index (χ4n) is 3.12. The summed E-state index contributed by atoms with van der Waals surface area (Å²) in [4.78, 5) is 8.86. The van der Waals surface area contributed by atoms with Crippen molar-refractivity contribution in [1.82, 2.24) is 25.2 Å². The van der Waals surface area contributed by atoms with E-state index in [9.17, 15) is 0 Å². The first-order chi connectivity index (χ1) is 13.2. The average molecular weight is 368 g/mol. The van der Waals surface area contributed by atoms with Crippen LogP contribution in [0.5, 0.6) is 0 Å². The van der Waals surface area contributed by atoms with Crippen LogP contribution in [0.2, 0.25) is 0 Å². The Hall–Kier alpha value is -2.83. The molecular weight excluding hydrogens is 340 g/mol. The number of fused-ring (bicyclic) bond motifs is 1. The van der Waals surface area contributed by atoms with Crippen LogP contribution in [0.15, 0.2) is 46.2 Å². The third-order valence-corrected chi connectivity index (χ3v) is 4.72. The Labute approximate surface area is 159 Å². The lowest BCUT2D eigenvalue weighted by Crippen LogP contribution is -2.37. The summed E-state index contributed by atoms with van der Waals surface area (Å²) in [5.74, 6) is 2.02. The van der Waals surface area contributed by atoms with Crippen LogP contribution in [-0.2, 0) is 13.0 Å². The minimum absolute atomic E-state index is 0.463. The van der Waals surface area contributed by atoms with E-state index in [1.807, 2.05) is 34.9 Å². The summed E-state index contributed by atoms with van der Waals surface area (Å²) in [5.41, 5.74) is 3.05. The van der Waals surface area contributed by atoms with Gasteiger partial charge in [0.25, 0.3) is 0 Å². The largest absolute Gasteiger partial charge is 0.359 e. The molecule has 3 aromatic heterocycles. The van der Waals surface area contributed by atoms with Gasteiger partial charge in [0.15, 0.2) is 11.7 Å². The van der Waals surface area contributed by atoms with Gasteiger partial charge in [-0.3, -0.25) is 4.99 Å². The van der Waals surface area contributed by atoms with E-state index in [1.165, 1.54) is 0 Å². The Balaban J connectivity index is 1.46. The first-order valence-corrected chi connectivity index (χ1v) is 9.56. The molecule has 0 aliphatic carbocycles. The molecule has 0 aliphatic heterocycles. The fraction of sp³-hybridized carbons (Fsp3) is 0.450. The van der Waals surface area contributed by atoms with E-state index in [-0.39, 0.29) is 0 Å². The molecule has 0 saturated heterocycles.